The summed E-state index contributed by atoms with van der Waals surface area (Å²) in [7, 11) is 0. The van der Waals surface area contributed by atoms with E-state index in [0.29, 0.717) is 0 Å². The number of para-hydroxylation sites is 1. The van der Waals surface area contributed by atoms with E-state index in [2.05, 4.69) is 47.8 Å². The van der Waals surface area contributed by atoms with Crippen molar-refractivity contribution in [2.24, 2.45) is 0 Å². The standard InChI is InChI=1S/C15H13N/c1-2-7-13(8-3-1)16-15-11-10-12-6-4-5-9-14(12)15/h1-9,11,16H,10H2. The minimum Gasteiger partial charge on any atom is -0.355 e. The van der Waals surface area contributed by atoms with E-state index >= 15 is 0 Å². The van der Waals surface area contributed by atoms with E-state index in [1.807, 2.05) is 18.2 Å². The lowest BCUT2D eigenvalue weighted by atomic mass is 10.1. The molecule has 0 radical (unpaired) electrons. The zero-order valence-electron chi connectivity index (χ0n) is 8.98. The molecule has 0 fully saturated rings. The zero-order valence-corrected chi connectivity index (χ0v) is 8.98. The van der Waals surface area contributed by atoms with E-state index in [4.69, 9.17) is 0 Å². The van der Waals surface area contributed by atoms with Gasteiger partial charge in [-0.15, -0.1) is 0 Å². The summed E-state index contributed by atoms with van der Waals surface area (Å²) in [6.45, 7) is 0. The van der Waals surface area contributed by atoms with E-state index in [1.165, 1.54) is 16.8 Å². The SMILES string of the molecule is C1=C(Nc2ccccc2)c2ccccc2C1. The smallest absolute Gasteiger partial charge is 0.0423 e. The lowest BCUT2D eigenvalue weighted by Gasteiger charge is -2.08. The summed E-state index contributed by atoms with van der Waals surface area (Å²) >= 11 is 0. The van der Waals surface area contributed by atoms with E-state index in [9.17, 15) is 0 Å². The van der Waals surface area contributed by atoms with Gasteiger partial charge in [-0.2, -0.15) is 0 Å². The molecule has 16 heavy (non-hydrogen) atoms. The number of nitrogens with one attached hydrogen (secondary N) is 1. The van der Waals surface area contributed by atoms with Gasteiger partial charge in [0.2, 0.25) is 0 Å². The van der Waals surface area contributed by atoms with E-state index in [0.717, 1.165) is 12.1 Å². The van der Waals surface area contributed by atoms with Gasteiger partial charge in [0.1, 0.15) is 0 Å². The molecule has 0 unspecified atom stereocenters. The highest BCUT2D eigenvalue weighted by Crippen LogP contribution is 2.27. The molecule has 1 aliphatic rings. The molecule has 0 aliphatic heterocycles. The first-order chi connectivity index (χ1) is 7.93. The Labute approximate surface area is 95.4 Å². The monoisotopic (exact) mass is 207 g/mol. The molecule has 0 heterocycles. The first-order valence-corrected chi connectivity index (χ1v) is 5.54. The summed E-state index contributed by atoms with van der Waals surface area (Å²) in [6, 6.07) is 18.8. The van der Waals surface area contributed by atoms with Gasteiger partial charge in [-0.3, -0.25) is 0 Å². The average molecular weight is 207 g/mol. The van der Waals surface area contributed by atoms with E-state index in [1.54, 1.807) is 0 Å². The highest BCUT2D eigenvalue weighted by molar-refractivity contribution is 5.81. The van der Waals surface area contributed by atoms with Gasteiger partial charge < -0.3 is 5.32 Å². The van der Waals surface area contributed by atoms with Crippen LogP contribution in [0.4, 0.5) is 5.69 Å². The van der Waals surface area contributed by atoms with Crippen LogP contribution in [-0.4, -0.2) is 0 Å². The van der Waals surface area contributed by atoms with Gasteiger partial charge in [-0.05, 0) is 24.1 Å². The normalized spacial score (nSPS) is 13.1. The molecule has 0 bridgehead atoms. The van der Waals surface area contributed by atoms with Gasteiger partial charge in [0, 0.05) is 16.9 Å². The van der Waals surface area contributed by atoms with Crippen LogP contribution in [0.2, 0.25) is 0 Å². The van der Waals surface area contributed by atoms with Crippen LogP contribution in [-0.2, 0) is 6.42 Å². The van der Waals surface area contributed by atoms with Crippen molar-refractivity contribution in [1.29, 1.82) is 0 Å². The fraction of sp³-hybridized carbons (Fsp3) is 0.0667. The molecule has 2 aromatic carbocycles. The molecule has 2 aromatic rings. The molecule has 1 N–H and O–H groups in total. The summed E-state index contributed by atoms with van der Waals surface area (Å²) in [5.74, 6) is 0. The number of anilines is 1. The van der Waals surface area contributed by atoms with Crippen LogP contribution in [0.5, 0.6) is 0 Å². The summed E-state index contributed by atoms with van der Waals surface area (Å²) in [6.07, 6.45) is 3.28. The maximum absolute atomic E-state index is 3.46. The molecule has 1 nitrogen and oxygen atoms in total. The summed E-state index contributed by atoms with van der Waals surface area (Å²) < 4.78 is 0. The molecule has 3 rings (SSSR count). The maximum Gasteiger partial charge on any atom is 0.0423 e. The number of rotatable bonds is 2. The molecule has 1 aliphatic carbocycles. The van der Waals surface area contributed by atoms with Gasteiger partial charge in [0.25, 0.3) is 0 Å². The minimum absolute atomic E-state index is 1.03. The molecular weight excluding hydrogens is 194 g/mol. The second-order valence-corrected chi connectivity index (χ2v) is 3.97. The Morgan fingerprint density at radius 3 is 2.44 bits per heavy atom. The van der Waals surface area contributed by atoms with Crippen molar-refractivity contribution in [3.63, 3.8) is 0 Å². The number of benzene rings is 2. The molecule has 0 spiro atoms. The van der Waals surface area contributed by atoms with Crippen LogP contribution in [0.15, 0.2) is 60.7 Å². The first-order valence-electron chi connectivity index (χ1n) is 5.54. The van der Waals surface area contributed by atoms with Crippen LogP contribution >= 0.6 is 0 Å². The van der Waals surface area contributed by atoms with E-state index < -0.39 is 0 Å². The molecule has 0 amide bonds. The first kappa shape index (κ1) is 9.22. The van der Waals surface area contributed by atoms with Crippen LogP contribution < -0.4 is 5.32 Å². The Morgan fingerprint density at radius 1 is 0.812 bits per heavy atom. The van der Waals surface area contributed by atoms with Crippen molar-refractivity contribution in [2.45, 2.75) is 6.42 Å². The Balaban J connectivity index is 1.89. The molecule has 0 saturated carbocycles. The van der Waals surface area contributed by atoms with Crippen molar-refractivity contribution >= 4 is 11.4 Å². The highest BCUT2D eigenvalue weighted by atomic mass is 14.9. The van der Waals surface area contributed by atoms with Crippen molar-refractivity contribution in [1.82, 2.24) is 0 Å². The topological polar surface area (TPSA) is 12.0 Å². The lowest BCUT2D eigenvalue weighted by molar-refractivity contribution is 1.31. The van der Waals surface area contributed by atoms with Gasteiger partial charge in [-0.1, -0.05) is 48.5 Å². The predicted molar refractivity (Wildman–Crippen MR) is 68.2 cm³/mol. The summed E-state index contributed by atoms with van der Waals surface area (Å²) in [4.78, 5) is 0. The zero-order chi connectivity index (χ0) is 10.8. The summed E-state index contributed by atoms with van der Waals surface area (Å²) in [5, 5.41) is 3.46. The summed E-state index contributed by atoms with van der Waals surface area (Å²) in [5.41, 5.74) is 5.10. The van der Waals surface area contributed by atoms with Crippen molar-refractivity contribution < 1.29 is 0 Å². The number of fused-ring (bicyclic) bond motifs is 1. The van der Waals surface area contributed by atoms with Crippen molar-refractivity contribution in [3.05, 3.63) is 71.8 Å². The Bertz CT molecular complexity index is 526. The fourth-order valence-corrected chi connectivity index (χ4v) is 2.08. The van der Waals surface area contributed by atoms with Crippen molar-refractivity contribution in [2.75, 3.05) is 5.32 Å². The van der Waals surface area contributed by atoms with Gasteiger partial charge in [0.05, 0.1) is 0 Å². The minimum atomic E-state index is 1.03. The Kier molecular flexibility index (Phi) is 2.22. The van der Waals surface area contributed by atoms with Gasteiger partial charge in [-0.25, -0.2) is 0 Å². The molecule has 1 heteroatoms. The molecule has 0 atom stereocenters. The van der Waals surface area contributed by atoms with E-state index in [-0.39, 0.29) is 0 Å². The van der Waals surface area contributed by atoms with Crippen LogP contribution in [0.1, 0.15) is 11.1 Å². The molecule has 78 valence electrons. The molecule has 0 aromatic heterocycles. The Morgan fingerprint density at radius 2 is 1.56 bits per heavy atom. The number of hydrogen-bond donors (Lipinski definition) is 1. The quantitative estimate of drug-likeness (QED) is 0.791. The lowest BCUT2D eigenvalue weighted by Crippen LogP contribution is -1.96. The van der Waals surface area contributed by atoms with Crippen molar-refractivity contribution in [3.8, 4) is 0 Å². The van der Waals surface area contributed by atoms with Crippen LogP contribution in [0.25, 0.3) is 5.70 Å². The third-order valence-corrected chi connectivity index (χ3v) is 2.89. The molecule has 0 saturated heterocycles. The van der Waals surface area contributed by atoms with Crippen LogP contribution in [0.3, 0.4) is 0 Å². The second-order valence-electron chi connectivity index (χ2n) is 3.97. The predicted octanol–water partition coefficient (Wildman–Crippen LogP) is 3.70. The number of allylic oxidation sites excluding steroid dienone is 1. The Hall–Kier alpha value is -2.02. The molecular formula is C15H13N. The third-order valence-electron chi connectivity index (χ3n) is 2.89. The largest absolute Gasteiger partial charge is 0.355 e. The van der Waals surface area contributed by atoms with Crippen LogP contribution in [0, 0.1) is 0 Å². The highest BCUT2D eigenvalue weighted by Gasteiger charge is 2.12. The second kappa shape index (κ2) is 3.86. The third kappa shape index (κ3) is 1.61. The van der Waals surface area contributed by atoms with Gasteiger partial charge in [0.15, 0.2) is 0 Å². The average Bonchev–Trinajstić information content (AvgIpc) is 2.74. The number of hydrogen-bond acceptors (Lipinski definition) is 1. The fourth-order valence-electron chi connectivity index (χ4n) is 2.08. The van der Waals surface area contributed by atoms with Gasteiger partial charge >= 0.3 is 0 Å². The maximum atomic E-state index is 3.46.